The quantitative estimate of drug-likeness (QED) is 0.622. The number of carbonyl (C=O) groups is 1. The summed E-state index contributed by atoms with van der Waals surface area (Å²) in [7, 11) is 0. The van der Waals surface area contributed by atoms with Crippen LogP contribution in [0.5, 0.6) is 17.2 Å². The summed E-state index contributed by atoms with van der Waals surface area (Å²) in [5.41, 5.74) is -0.764. The molecule has 1 heterocycles. The van der Waals surface area contributed by atoms with Crippen LogP contribution < -0.4 is 15.1 Å². The minimum atomic E-state index is -1.13. The lowest BCUT2D eigenvalue weighted by molar-refractivity contribution is -0.139. The van der Waals surface area contributed by atoms with Gasteiger partial charge in [-0.2, -0.15) is 0 Å². The van der Waals surface area contributed by atoms with Crippen LogP contribution in [0.25, 0.3) is 11.0 Å². The first-order valence-electron chi connectivity index (χ1n) is 6.93. The molecule has 0 spiro atoms. The number of aromatic hydroxyl groups is 1. The highest BCUT2D eigenvalue weighted by Gasteiger charge is 2.17. The number of carboxylic acid groups (broad SMARTS) is 1. The summed E-state index contributed by atoms with van der Waals surface area (Å²) in [6.07, 6.45) is 2.24. The lowest BCUT2D eigenvalue weighted by Gasteiger charge is -2.10. The van der Waals surface area contributed by atoms with Gasteiger partial charge in [0, 0.05) is 12.5 Å². The van der Waals surface area contributed by atoms with E-state index in [1.807, 2.05) is 6.92 Å². The van der Waals surface area contributed by atoms with Crippen LogP contribution in [0.2, 0.25) is 0 Å². The highest BCUT2D eigenvalue weighted by Crippen LogP contribution is 2.34. The van der Waals surface area contributed by atoms with E-state index in [1.54, 1.807) is 13.0 Å². The molecule has 122 valence electrons. The number of rotatable bonds is 6. The van der Waals surface area contributed by atoms with Gasteiger partial charge >= 0.3 is 11.6 Å². The molecular weight excluding hydrogens is 304 g/mol. The third kappa shape index (κ3) is 3.63. The minimum absolute atomic E-state index is 0.0706. The number of hydrogen-bond donors (Lipinski definition) is 2. The second-order valence-electron chi connectivity index (χ2n) is 4.62. The maximum Gasteiger partial charge on any atom is 0.383 e. The monoisotopic (exact) mass is 320 g/mol. The number of hydrogen-bond acceptors (Lipinski definition) is 6. The Kier molecular flexibility index (Phi) is 4.90. The first kappa shape index (κ1) is 16.4. The van der Waals surface area contributed by atoms with E-state index in [2.05, 4.69) is 0 Å². The maximum absolute atomic E-state index is 12.0. The van der Waals surface area contributed by atoms with Crippen molar-refractivity contribution in [1.82, 2.24) is 0 Å². The Morgan fingerprint density at radius 3 is 2.74 bits per heavy atom. The molecule has 0 fully saturated rings. The van der Waals surface area contributed by atoms with E-state index >= 15 is 0 Å². The summed E-state index contributed by atoms with van der Waals surface area (Å²) >= 11 is 0. The van der Waals surface area contributed by atoms with Crippen LogP contribution in [0.4, 0.5) is 0 Å². The van der Waals surface area contributed by atoms with Gasteiger partial charge in [0.05, 0.1) is 5.39 Å². The first-order chi connectivity index (χ1) is 11.0. The van der Waals surface area contributed by atoms with Crippen molar-refractivity contribution in [3.05, 3.63) is 40.5 Å². The molecule has 0 atom stereocenters. The lowest BCUT2D eigenvalue weighted by Crippen LogP contribution is -2.09. The minimum Gasteiger partial charge on any atom is -0.504 e. The summed E-state index contributed by atoms with van der Waals surface area (Å²) in [6.45, 7) is 3.08. The van der Waals surface area contributed by atoms with Crippen molar-refractivity contribution in [3.8, 4) is 17.2 Å². The molecule has 0 radical (unpaired) electrons. The zero-order valence-corrected chi connectivity index (χ0v) is 12.7. The van der Waals surface area contributed by atoms with Gasteiger partial charge < -0.3 is 24.1 Å². The van der Waals surface area contributed by atoms with E-state index in [-0.39, 0.29) is 28.2 Å². The molecule has 2 aromatic rings. The molecule has 0 aliphatic rings. The second-order valence-corrected chi connectivity index (χ2v) is 4.62. The molecule has 0 aliphatic heterocycles. The fourth-order valence-corrected chi connectivity index (χ4v) is 1.94. The molecule has 0 saturated carbocycles. The third-order valence-corrected chi connectivity index (χ3v) is 3.08. The molecule has 2 rings (SSSR count). The molecule has 23 heavy (non-hydrogen) atoms. The summed E-state index contributed by atoms with van der Waals surface area (Å²) in [4.78, 5) is 22.5. The molecule has 1 aromatic heterocycles. The van der Waals surface area contributed by atoms with Crippen LogP contribution in [0.1, 0.15) is 20.3 Å². The molecule has 0 amide bonds. The summed E-state index contributed by atoms with van der Waals surface area (Å²) in [5.74, 6) is -1.02. The van der Waals surface area contributed by atoms with E-state index in [9.17, 15) is 14.7 Å². The normalized spacial score (nSPS) is 11.5. The largest absolute Gasteiger partial charge is 0.504 e. The number of aliphatic carboxylic acids is 1. The van der Waals surface area contributed by atoms with Gasteiger partial charge in [-0.15, -0.1) is 0 Å². The predicted molar refractivity (Wildman–Crippen MR) is 82.0 cm³/mol. The number of carboxylic acids is 1. The first-order valence-corrected chi connectivity index (χ1v) is 6.93. The van der Waals surface area contributed by atoms with Gasteiger partial charge in [-0.3, -0.25) is 0 Å². The van der Waals surface area contributed by atoms with Crippen LogP contribution in [0.15, 0.2) is 39.2 Å². The van der Waals surface area contributed by atoms with Crippen molar-refractivity contribution in [3.63, 3.8) is 0 Å². The Hall–Kier alpha value is -2.96. The third-order valence-electron chi connectivity index (χ3n) is 3.08. The van der Waals surface area contributed by atoms with E-state index < -0.39 is 18.2 Å². The molecule has 7 nitrogen and oxygen atoms in total. The molecule has 0 saturated heterocycles. The maximum atomic E-state index is 12.0. The molecule has 0 bridgehead atoms. The van der Waals surface area contributed by atoms with Crippen LogP contribution in [-0.2, 0) is 4.79 Å². The fourth-order valence-electron chi connectivity index (χ4n) is 1.94. The Labute approximate surface area is 131 Å². The topological polar surface area (TPSA) is 106 Å². The Morgan fingerprint density at radius 1 is 1.39 bits per heavy atom. The number of fused-ring (bicyclic) bond motifs is 1. The van der Waals surface area contributed by atoms with Gasteiger partial charge in [0.25, 0.3) is 5.75 Å². The van der Waals surface area contributed by atoms with Gasteiger partial charge in [0.1, 0.15) is 17.1 Å². The highest BCUT2D eigenvalue weighted by atomic mass is 16.5. The second kappa shape index (κ2) is 6.87. The van der Waals surface area contributed by atoms with E-state index in [0.29, 0.717) is 12.2 Å². The van der Waals surface area contributed by atoms with Crippen LogP contribution in [-0.4, -0.2) is 22.8 Å². The van der Waals surface area contributed by atoms with Gasteiger partial charge in [0.2, 0.25) is 0 Å². The fraction of sp³-hybridized carbons (Fsp3) is 0.250. The Bertz CT molecular complexity index is 817. The molecular formula is C16H16O7. The van der Waals surface area contributed by atoms with E-state index in [1.165, 1.54) is 18.2 Å². The molecule has 7 heteroatoms. The zero-order chi connectivity index (χ0) is 17.0. The van der Waals surface area contributed by atoms with Crippen molar-refractivity contribution in [2.75, 3.05) is 6.61 Å². The predicted octanol–water partition coefficient (Wildman–Crippen LogP) is 2.65. The summed E-state index contributed by atoms with van der Waals surface area (Å²) in [6, 6.07) is 4.25. The van der Waals surface area contributed by atoms with Gasteiger partial charge in [-0.25, -0.2) is 9.59 Å². The highest BCUT2D eigenvalue weighted by molar-refractivity contribution is 5.86. The van der Waals surface area contributed by atoms with E-state index in [4.69, 9.17) is 19.0 Å². The van der Waals surface area contributed by atoms with Gasteiger partial charge in [-0.1, -0.05) is 6.92 Å². The van der Waals surface area contributed by atoms with Crippen LogP contribution in [0, 0.1) is 0 Å². The van der Waals surface area contributed by atoms with Crippen molar-refractivity contribution < 1.29 is 28.9 Å². The van der Waals surface area contributed by atoms with Gasteiger partial charge in [-0.05, 0) is 25.1 Å². The standard InChI is InChI=1S/C16H16O7/c1-3-9(4-2)22-15-14(19)11-6-5-10(21-8-13(17)18)7-12(11)23-16(15)20/h3,5-7,19H,4,8H2,1-2H3,(H,17,18). The average Bonchev–Trinajstić information content (AvgIpc) is 2.52. The van der Waals surface area contributed by atoms with Crippen molar-refractivity contribution in [2.24, 2.45) is 0 Å². The zero-order valence-electron chi connectivity index (χ0n) is 12.7. The Balaban J connectivity index is 2.45. The SMILES string of the molecule is CC=C(CC)Oc1c(O)c2ccc(OCC(=O)O)cc2oc1=O. The smallest absolute Gasteiger partial charge is 0.383 e. The molecule has 1 aromatic carbocycles. The summed E-state index contributed by atoms with van der Waals surface area (Å²) in [5, 5.41) is 19.1. The molecule has 0 unspecified atom stereocenters. The van der Waals surface area contributed by atoms with Gasteiger partial charge in [0.15, 0.2) is 12.4 Å². The van der Waals surface area contributed by atoms with Crippen LogP contribution >= 0.6 is 0 Å². The van der Waals surface area contributed by atoms with E-state index in [0.717, 1.165) is 0 Å². The van der Waals surface area contributed by atoms with Crippen molar-refractivity contribution in [2.45, 2.75) is 20.3 Å². The Morgan fingerprint density at radius 2 is 2.13 bits per heavy atom. The molecule has 2 N–H and O–H groups in total. The number of benzene rings is 1. The van der Waals surface area contributed by atoms with Crippen LogP contribution in [0.3, 0.4) is 0 Å². The number of ether oxygens (including phenoxy) is 2. The molecule has 0 aliphatic carbocycles. The summed E-state index contributed by atoms with van der Waals surface area (Å²) < 4.78 is 15.5. The average molecular weight is 320 g/mol. The van der Waals surface area contributed by atoms with Crippen molar-refractivity contribution >= 4 is 16.9 Å². The lowest BCUT2D eigenvalue weighted by atomic mass is 10.2. The number of allylic oxidation sites excluding steroid dienone is 2. The van der Waals surface area contributed by atoms with Crippen molar-refractivity contribution in [1.29, 1.82) is 0 Å².